The van der Waals surface area contributed by atoms with Gasteiger partial charge in [-0.2, -0.15) is 0 Å². The van der Waals surface area contributed by atoms with E-state index in [-0.39, 0.29) is 0 Å². The van der Waals surface area contributed by atoms with Crippen LogP contribution in [0.15, 0.2) is 42.5 Å². The molecular weight excluding hydrogens is 282 g/mol. The minimum Gasteiger partial charge on any atom is -0.324 e. The number of nitrogens with zero attached hydrogens (tertiary/aromatic N) is 3. The van der Waals surface area contributed by atoms with Crippen molar-refractivity contribution in [2.75, 3.05) is 20.6 Å². The highest BCUT2D eigenvalue weighted by atomic mass is 15.1. The number of hydrogen-bond acceptors (Lipinski definition) is 2. The molecule has 1 heterocycles. The van der Waals surface area contributed by atoms with E-state index in [1.54, 1.807) is 0 Å². The normalized spacial score (nSPS) is 11.5. The summed E-state index contributed by atoms with van der Waals surface area (Å²) in [6.45, 7) is 6.38. The first-order valence-electron chi connectivity index (χ1n) is 8.24. The van der Waals surface area contributed by atoms with Crippen molar-refractivity contribution in [1.29, 1.82) is 0 Å². The fourth-order valence-electron chi connectivity index (χ4n) is 3.12. The molecule has 3 aromatic rings. The summed E-state index contributed by atoms with van der Waals surface area (Å²) in [5.41, 5.74) is 6.11. The van der Waals surface area contributed by atoms with Crippen molar-refractivity contribution in [2.45, 2.75) is 26.8 Å². The molecule has 0 bridgehead atoms. The number of rotatable bonds is 5. The van der Waals surface area contributed by atoms with Crippen molar-refractivity contribution >= 4 is 11.0 Å². The second kappa shape index (κ2) is 6.55. The van der Waals surface area contributed by atoms with Gasteiger partial charge in [-0.25, -0.2) is 4.98 Å². The fourth-order valence-corrected chi connectivity index (χ4v) is 3.12. The first-order valence-corrected chi connectivity index (χ1v) is 8.24. The number of fused-ring (bicyclic) bond motifs is 1. The van der Waals surface area contributed by atoms with Gasteiger partial charge in [0.2, 0.25) is 0 Å². The number of benzene rings is 2. The van der Waals surface area contributed by atoms with Crippen LogP contribution in [0.5, 0.6) is 0 Å². The molecule has 0 aliphatic carbocycles. The summed E-state index contributed by atoms with van der Waals surface area (Å²) >= 11 is 0. The topological polar surface area (TPSA) is 21.1 Å². The van der Waals surface area contributed by atoms with E-state index in [9.17, 15) is 0 Å². The van der Waals surface area contributed by atoms with Gasteiger partial charge in [-0.05, 0) is 58.6 Å². The molecular formula is C20H25N3. The fraction of sp³-hybridized carbons (Fsp3) is 0.350. The summed E-state index contributed by atoms with van der Waals surface area (Å²) in [4.78, 5) is 7.15. The molecule has 0 fully saturated rings. The molecule has 0 aliphatic heterocycles. The first-order chi connectivity index (χ1) is 11.1. The predicted molar refractivity (Wildman–Crippen MR) is 97.8 cm³/mol. The molecule has 3 rings (SSSR count). The smallest absolute Gasteiger partial charge is 0.141 e. The molecule has 0 radical (unpaired) electrons. The Morgan fingerprint density at radius 2 is 1.83 bits per heavy atom. The van der Waals surface area contributed by atoms with Gasteiger partial charge in [0.15, 0.2) is 0 Å². The van der Waals surface area contributed by atoms with E-state index in [1.165, 1.54) is 22.2 Å². The SMILES string of the molecule is Cc1ccc(-c2nc3ccccc3n2CCCN(C)C)c(C)c1. The van der Waals surface area contributed by atoms with Crippen molar-refractivity contribution in [2.24, 2.45) is 0 Å². The minimum atomic E-state index is 0.987. The average Bonchev–Trinajstić information content (AvgIpc) is 2.86. The zero-order valence-corrected chi connectivity index (χ0v) is 14.5. The Labute approximate surface area is 138 Å². The third kappa shape index (κ3) is 3.30. The lowest BCUT2D eigenvalue weighted by Gasteiger charge is -2.14. The molecule has 0 amide bonds. The maximum Gasteiger partial charge on any atom is 0.141 e. The number of aromatic nitrogens is 2. The van der Waals surface area contributed by atoms with Gasteiger partial charge >= 0.3 is 0 Å². The second-order valence-corrected chi connectivity index (χ2v) is 6.55. The lowest BCUT2D eigenvalue weighted by atomic mass is 10.1. The maximum atomic E-state index is 4.92. The Morgan fingerprint density at radius 1 is 1.04 bits per heavy atom. The van der Waals surface area contributed by atoms with Gasteiger partial charge < -0.3 is 9.47 Å². The molecule has 2 aromatic carbocycles. The van der Waals surface area contributed by atoms with Crippen LogP contribution in [0, 0.1) is 13.8 Å². The summed E-state index contributed by atoms with van der Waals surface area (Å²) in [5.74, 6) is 1.09. The van der Waals surface area contributed by atoms with Crippen molar-refractivity contribution in [3.63, 3.8) is 0 Å². The van der Waals surface area contributed by atoms with Crippen LogP contribution in [0.3, 0.4) is 0 Å². The highest BCUT2D eigenvalue weighted by molar-refractivity contribution is 5.81. The number of imidazole rings is 1. The van der Waals surface area contributed by atoms with Crippen LogP contribution < -0.4 is 0 Å². The molecule has 0 aliphatic rings. The molecule has 0 saturated heterocycles. The van der Waals surface area contributed by atoms with E-state index in [0.29, 0.717) is 0 Å². The Kier molecular flexibility index (Phi) is 4.49. The number of aryl methyl sites for hydroxylation is 3. The van der Waals surface area contributed by atoms with Crippen molar-refractivity contribution < 1.29 is 0 Å². The van der Waals surface area contributed by atoms with Crippen LogP contribution in [0.4, 0.5) is 0 Å². The summed E-state index contributed by atoms with van der Waals surface area (Å²) < 4.78 is 2.37. The molecule has 3 heteroatoms. The number of hydrogen-bond donors (Lipinski definition) is 0. The quantitative estimate of drug-likeness (QED) is 0.702. The van der Waals surface area contributed by atoms with Gasteiger partial charge in [0.05, 0.1) is 11.0 Å². The van der Waals surface area contributed by atoms with Crippen LogP contribution in [0.1, 0.15) is 17.5 Å². The molecule has 0 atom stereocenters. The Bertz CT molecular complexity index is 815. The largest absolute Gasteiger partial charge is 0.324 e. The summed E-state index contributed by atoms with van der Waals surface area (Å²) in [6, 6.07) is 15.0. The molecule has 120 valence electrons. The van der Waals surface area contributed by atoms with Gasteiger partial charge in [0.25, 0.3) is 0 Å². The monoisotopic (exact) mass is 307 g/mol. The Balaban J connectivity index is 2.07. The Hall–Kier alpha value is -2.13. The summed E-state index contributed by atoms with van der Waals surface area (Å²) in [5, 5.41) is 0. The zero-order chi connectivity index (χ0) is 16.4. The van der Waals surface area contributed by atoms with E-state index in [1.807, 2.05) is 0 Å². The van der Waals surface area contributed by atoms with Gasteiger partial charge in [-0.3, -0.25) is 0 Å². The van der Waals surface area contributed by atoms with Crippen LogP contribution in [0.2, 0.25) is 0 Å². The molecule has 1 aromatic heterocycles. The van der Waals surface area contributed by atoms with Gasteiger partial charge in [-0.1, -0.05) is 35.9 Å². The van der Waals surface area contributed by atoms with Crippen molar-refractivity contribution in [3.8, 4) is 11.4 Å². The zero-order valence-electron chi connectivity index (χ0n) is 14.5. The summed E-state index contributed by atoms with van der Waals surface area (Å²) in [7, 11) is 4.24. The molecule has 0 spiro atoms. The van der Waals surface area contributed by atoms with Crippen molar-refractivity contribution in [1.82, 2.24) is 14.5 Å². The van der Waals surface area contributed by atoms with Crippen molar-refractivity contribution in [3.05, 3.63) is 53.6 Å². The first kappa shape index (κ1) is 15.8. The highest BCUT2D eigenvalue weighted by Gasteiger charge is 2.14. The number of para-hydroxylation sites is 2. The standard InChI is InChI=1S/C20H25N3/c1-15-10-11-17(16(2)14-15)20-21-18-8-5-6-9-19(18)23(20)13-7-12-22(3)4/h5-6,8-11,14H,7,12-13H2,1-4H3. The van der Waals surface area contributed by atoms with Crippen LogP contribution in [-0.4, -0.2) is 35.1 Å². The van der Waals surface area contributed by atoms with Gasteiger partial charge in [0, 0.05) is 12.1 Å². The highest BCUT2D eigenvalue weighted by Crippen LogP contribution is 2.28. The summed E-state index contributed by atoms with van der Waals surface area (Å²) in [6.07, 6.45) is 1.12. The van der Waals surface area contributed by atoms with Crippen LogP contribution in [0.25, 0.3) is 22.4 Å². The molecule has 23 heavy (non-hydrogen) atoms. The van der Waals surface area contributed by atoms with E-state index in [2.05, 4.69) is 79.9 Å². The predicted octanol–water partition coefficient (Wildman–Crippen LogP) is 4.27. The van der Waals surface area contributed by atoms with E-state index >= 15 is 0 Å². The van der Waals surface area contributed by atoms with Gasteiger partial charge in [-0.15, -0.1) is 0 Å². The third-order valence-corrected chi connectivity index (χ3v) is 4.26. The molecule has 0 unspecified atom stereocenters. The maximum absolute atomic E-state index is 4.92. The Morgan fingerprint density at radius 3 is 2.57 bits per heavy atom. The second-order valence-electron chi connectivity index (χ2n) is 6.55. The van der Waals surface area contributed by atoms with Crippen LogP contribution >= 0.6 is 0 Å². The van der Waals surface area contributed by atoms with Crippen LogP contribution in [-0.2, 0) is 6.54 Å². The molecule has 0 N–H and O–H groups in total. The molecule has 3 nitrogen and oxygen atoms in total. The third-order valence-electron chi connectivity index (χ3n) is 4.26. The lowest BCUT2D eigenvalue weighted by molar-refractivity contribution is 0.388. The van der Waals surface area contributed by atoms with Gasteiger partial charge in [0.1, 0.15) is 5.82 Å². The van der Waals surface area contributed by atoms with E-state index in [0.717, 1.165) is 30.9 Å². The lowest BCUT2D eigenvalue weighted by Crippen LogP contribution is -2.15. The molecule has 0 saturated carbocycles. The average molecular weight is 307 g/mol. The van der Waals surface area contributed by atoms with E-state index < -0.39 is 0 Å². The minimum absolute atomic E-state index is 0.987. The van der Waals surface area contributed by atoms with E-state index in [4.69, 9.17) is 4.98 Å².